The predicted molar refractivity (Wildman–Crippen MR) is 127 cm³/mol. The third kappa shape index (κ3) is 3.80. The molecule has 0 spiro atoms. The summed E-state index contributed by atoms with van der Waals surface area (Å²) in [6.45, 7) is 2.26. The normalized spacial score (nSPS) is 12.5. The van der Waals surface area contributed by atoms with E-state index in [0.717, 1.165) is 45.3 Å². The molecule has 1 aliphatic rings. The molecule has 0 radical (unpaired) electrons. The van der Waals surface area contributed by atoms with Crippen LogP contribution >= 0.6 is 11.3 Å². The van der Waals surface area contributed by atoms with Gasteiger partial charge in [-0.15, -0.1) is 11.3 Å². The van der Waals surface area contributed by atoms with Crippen molar-refractivity contribution in [2.75, 3.05) is 23.9 Å². The summed E-state index contributed by atoms with van der Waals surface area (Å²) in [7, 11) is 1.61. The molecule has 2 aromatic heterocycles. The minimum atomic E-state index is 0.0284. The quantitative estimate of drug-likeness (QED) is 0.471. The van der Waals surface area contributed by atoms with Gasteiger partial charge in [0.05, 0.1) is 24.2 Å². The Labute approximate surface area is 189 Å². The minimum Gasteiger partial charge on any atom is -0.494 e. The van der Waals surface area contributed by atoms with Gasteiger partial charge in [0.15, 0.2) is 0 Å². The Morgan fingerprint density at radius 1 is 1.12 bits per heavy atom. The van der Waals surface area contributed by atoms with E-state index in [9.17, 15) is 4.79 Å². The summed E-state index contributed by atoms with van der Waals surface area (Å²) in [5.41, 5.74) is 5.37. The molecule has 0 aliphatic carbocycles. The number of hydrogen-bond donors (Lipinski definition) is 1. The zero-order valence-corrected chi connectivity index (χ0v) is 18.5. The van der Waals surface area contributed by atoms with Gasteiger partial charge in [-0.25, -0.2) is 15.0 Å². The van der Waals surface area contributed by atoms with Crippen molar-refractivity contribution in [2.24, 2.45) is 0 Å². The fourth-order valence-corrected chi connectivity index (χ4v) is 4.62. The molecular formula is C24H21N5O2S. The second kappa shape index (κ2) is 8.39. The second-order valence-corrected chi connectivity index (χ2v) is 8.25. The Hall–Kier alpha value is -3.78. The number of thiazole rings is 1. The lowest BCUT2D eigenvalue weighted by Gasteiger charge is -2.17. The van der Waals surface area contributed by atoms with Gasteiger partial charge >= 0.3 is 0 Å². The summed E-state index contributed by atoms with van der Waals surface area (Å²) in [5.74, 6) is 1.11. The first-order valence-corrected chi connectivity index (χ1v) is 11.1. The number of carbonyl (C=O) groups excluding carboxylic acids is 1. The maximum absolute atomic E-state index is 11.9. The van der Waals surface area contributed by atoms with E-state index in [2.05, 4.69) is 15.3 Å². The summed E-state index contributed by atoms with van der Waals surface area (Å²) in [5, 5.41) is 6.22. The molecule has 7 nitrogen and oxygen atoms in total. The van der Waals surface area contributed by atoms with Gasteiger partial charge in [0.25, 0.3) is 0 Å². The van der Waals surface area contributed by atoms with E-state index in [0.29, 0.717) is 18.2 Å². The van der Waals surface area contributed by atoms with Crippen LogP contribution in [0.4, 0.5) is 17.3 Å². The van der Waals surface area contributed by atoms with Crippen LogP contribution in [-0.4, -0.2) is 34.5 Å². The largest absolute Gasteiger partial charge is 0.494 e. The van der Waals surface area contributed by atoms with Gasteiger partial charge in [0.1, 0.15) is 16.5 Å². The number of ether oxygens (including phenoxy) is 1. The lowest BCUT2D eigenvalue weighted by Crippen LogP contribution is -2.25. The smallest absolute Gasteiger partial charge is 0.227 e. The molecule has 1 amide bonds. The van der Waals surface area contributed by atoms with Crippen molar-refractivity contribution >= 4 is 34.6 Å². The topological polar surface area (TPSA) is 80.2 Å². The Bertz CT molecular complexity index is 1290. The third-order valence-corrected chi connectivity index (χ3v) is 6.26. The average molecular weight is 444 g/mol. The Kier molecular flexibility index (Phi) is 5.28. The summed E-state index contributed by atoms with van der Waals surface area (Å²) in [6.07, 6.45) is 2.51. The van der Waals surface area contributed by atoms with Crippen LogP contribution in [-0.2, 0) is 11.2 Å². The van der Waals surface area contributed by atoms with Crippen molar-refractivity contribution in [1.29, 1.82) is 0 Å². The highest BCUT2D eigenvalue weighted by Gasteiger charge is 2.24. The molecule has 1 aliphatic heterocycles. The van der Waals surface area contributed by atoms with Crippen molar-refractivity contribution in [3.63, 3.8) is 0 Å². The zero-order valence-electron chi connectivity index (χ0n) is 17.7. The van der Waals surface area contributed by atoms with E-state index in [1.165, 1.54) is 0 Å². The van der Waals surface area contributed by atoms with E-state index < -0.39 is 0 Å². The average Bonchev–Trinajstić information content (AvgIpc) is 3.47. The standard InChI is InChI=1S/C24H21N5O2S/c1-15(30)29-11-9-17-12-19(22(31-2)13-21(17)29)28-24-25-10-8-18(27-24)20-14-32-23(26-20)16-6-4-3-5-7-16/h3-8,10,12-14H,9,11H2,1-2H3,(H,25,27,28). The van der Waals surface area contributed by atoms with Gasteiger partial charge < -0.3 is 15.0 Å². The Morgan fingerprint density at radius 2 is 1.97 bits per heavy atom. The van der Waals surface area contributed by atoms with Crippen LogP contribution in [0.2, 0.25) is 0 Å². The molecule has 1 N–H and O–H groups in total. The fourth-order valence-electron chi connectivity index (χ4n) is 3.80. The molecule has 0 bridgehead atoms. The highest BCUT2D eigenvalue weighted by Crippen LogP contribution is 2.38. The number of amides is 1. The van der Waals surface area contributed by atoms with Gasteiger partial charge in [-0.1, -0.05) is 30.3 Å². The van der Waals surface area contributed by atoms with E-state index in [1.54, 1.807) is 36.5 Å². The number of carbonyl (C=O) groups is 1. The molecule has 0 saturated heterocycles. The maximum Gasteiger partial charge on any atom is 0.227 e. The second-order valence-electron chi connectivity index (χ2n) is 7.40. The molecule has 0 saturated carbocycles. The van der Waals surface area contributed by atoms with Crippen LogP contribution in [0.3, 0.4) is 0 Å². The monoisotopic (exact) mass is 443 g/mol. The first-order valence-electron chi connectivity index (χ1n) is 10.2. The SMILES string of the molecule is COc1cc2c(cc1Nc1nccc(-c3csc(-c4ccccc4)n3)n1)CCN2C(C)=O. The summed E-state index contributed by atoms with van der Waals surface area (Å²) < 4.78 is 5.57. The molecule has 3 heterocycles. The first-order chi connectivity index (χ1) is 15.6. The molecule has 0 fully saturated rings. The zero-order chi connectivity index (χ0) is 22.1. The summed E-state index contributed by atoms with van der Waals surface area (Å²) in [6, 6.07) is 15.8. The Balaban J connectivity index is 1.43. The molecule has 160 valence electrons. The lowest BCUT2D eigenvalue weighted by atomic mass is 10.1. The van der Waals surface area contributed by atoms with E-state index in [4.69, 9.17) is 9.72 Å². The van der Waals surface area contributed by atoms with Gasteiger partial charge in [-0.05, 0) is 24.1 Å². The number of rotatable bonds is 5. The number of nitrogens with zero attached hydrogens (tertiary/aromatic N) is 4. The highest BCUT2D eigenvalue weighted by atomic mass is 32.1. The van der Waals surface area contributed by atoms with Crippen LogP contribution < -0.4 is 15.0 Å². The number of hydrogen-bond acceptors (Lipinski definition) is 7. The maximum atomic E-state index is 11.9. The molecule has 8 heteroatoms. The van der Waals surface area contributed by atoms with Gasteiger partial charge in [-0.2, -0.15) is 0 Å². The predicted octanol–water partition coefficient (Wildman–Crippen LogP) is 4.93. The van der Waals surface area contributed by atoms with Crippen LogP contribution in [0, 0.1) is 0 Å². The van der Waals surface area contributed by atoms with E-state index >= 15 is 0 Å². The van der Waals surface area contributed by atoms with Crippen LogP contribution in [0.5, 0.6) is 5.75 Å². The Morgan fingerprint density at radius 3 is 2.75 bits per heavy atom. The number of methoxy groups -OCH3 is 1. The molecule has 32 heavy (non-hydrogen) atoms. The van der Waals surface area contributed by atoms with Crippen molar-refractivity contribution in [3.05, 3.63) is 65.7 Å². The fraction of sp³-hybridized carbons (Fsp3) is 0.167. The molecular weight excluding hydrogens is 422 g/mol. The molecule has 0 unspecified atom stereocenters. The van der Waals surface area contributed by atoms with Gasteiger partial charge in [-0.3, -0.25) is 4.79 Å². The number of aromatic nitrogens is 3. The van der Waals surface area contributed by atoms with Gasteiger partial charge in [0.2, 0.25) is 11.9 Å². The van der Waals surface area contributed by atoms with Crippen molar-refractivity contribution in [2.45, 2.75) is 13.3 Å². The van der Waals surface area contributed by atoms with E-state index in [1.807, 2.05) is 53.9 Å². The van der Waals surface area contributed by atoms with E-state index in [-0.39, 0.29) is 5.91 Å². The number of benzene rings is 2. The van der Waals surface area contributed by atoms with Crippen molar-refractivity contribution in [3.8, 4) is 27.7 Å². The molecule has 4 aromatic rings. The number of nitrogens with one attached hydrogen (secondary N) is 1. The van der Waals surface area contributed by atoms with Crippen LogP contribution in [0.1, 0.15) is 12.5 Å². The van der Waals surface area contributed by atoms with Crippen molar-refractivity contribution in [1.82, 2.24) is 15.0 Å². The highest BCUT2D eigenvalue weighted by molar-refractivity contribution is 7.13. The molecule has 0 atom stereocenters. The lowest BCUT2D eigenvalue weighted by molar-refractivity contribution is -0.116. The van der Waals surface area contributed by atoms with Crippen LogP contribution in [0.15, 0.2) is 60.1 Å². The summed E-state index contributed by atoms with van der Waals surface area (Å²) >= 11 is 1.59. The minimum absolute atomic E-state index is 0.0284. The third-order valence-electron chi connectivity index (χ3n) is 5.37. The molecule has 2 aromatic carbocycles. The number of anilines is 3. The van der Waals surface area contributed by atoms with Crippen LogP contribution in [0.25, 0.3) is 22.0 Å². The molecule has 5 rings (SSSR count). The van der Waals surface area contributed by atoms with Crippen molar-refractivity contribution < 1.29 is 9.53 Å². The summed E-state index contributed by atoms with van der Waals surface area (Å²) in [4.78, 5) is 27.4. The number of fused-ring (bicyclic) bond motifs is 1. The van der Waals surface area contributed by atoms with Gasteiger partial charge in [0, 0.05) is 36.7 Å². The first kappa shape index (κ1) is 20.1.